The summed E-state index contributed by atoms with van der Waals surface area (Å²) in [6, 6.07) is 2.09. The number of rotatable bonds is 6. The molecular formula is C14H22N6S. The fraction of sp³-hybridized carbons (Fsp3) is 0.500. The summed E-state index contributed by atoms with van der Waals surface area (Å²) in [6.45, 7) is 7.69. The van der Waals surface area contributed by atoms with Gasteiger partial charge in [-0.15, -0.1) is 0 Å². The van der Waals surface area contributed by atoms with E-state index in [2.05, 4.69) is 28.5 Å². The monoisotopic (exact) mass is 306 g/mol. The van der Waals surface area contributed by atoms with Gasteiger partial charge in [-0.3, -0.25) is 9.36 Å². The minimum atomic E-state index is 0.377. The van der Waals surface area contributed by atoms with Gasteiger partial charge in [0.2, 0.25) is 0 Å². The molecule has 0 bridgehead atoms. The summed E-state index contributed by atoms with van der Waals surface area (Å²) in [5.74, 6) is 0.883. The normalized spacial score (nSPS) is 10.9. The molecule has 0 unspecified atom stereocenters. The molecule has 0 saturated carbocycles. The average molecular weight is 306 g/mol. The third kappa shape index (κ3) is 3.41. The lowest BCUT2D eigenvalue weighted by molar-refractivity contribution is 0.572. The number of thiocarbonyl (C=S) groups is 1. The largest absolute Gasteiger partial charge is 0.389 e. The fourth-order valence-electron chi connectivity index (χ4n) is 2.49. The van der Waals surface area contributed by atoms with E-state index in [1.54, 1.807) is 4.68 Å². The summed E-state index contributed by atoms with van der Waals surface area (Å²) in [6.07, 6.45) is 0.961. The summed E-state index contributed by atoms with van der Waals surface area (Å²) >= 11 is 5.10. The molecule has 3 N–H and O–H groups in total. The number of aromatic nitrogens is 4. The lowest BCUT2D eigenvalue weighted by Gasteiger charge is -2.10. The van der Waals surface area contributed by atoms with Crippen molar-refractivity contribution in [3.63, 3.8) is 0 Å². The van der Waals surface area contributed by atoms with Crippen molar-refractivity contribution in [1.82, 2.24) is 19.6 Å². The maximum Gasteiger partial charge on any atom is 0.134 e. The highest BCUT2D eigenvalue weighted by Crippen LogP contribution is 2.18. The highest BCUT2D eigenvalue weighted by atomic mass is 32.1. The quantitative estimate of drug-likeness (QED) is 0.627. The Hall–Kier alpha value is -1.89. The van der Waals surface area contributed by atoms with E-state index in [4.69, 9.17) is 18.0 Å². The first-order valence-corrected chi connectivity index (χ1v) is 7.39. The Morgan fingerprint density at radius 3 is 2.62 bits per heavy atom. The van der Waals surface area contributed by atoms with E-state index in [0.29, 0.717) is 4.99 Å². The molecule has 0 spiro atoms. The lowest BCUT2D eigenvalue weighted by atomic mass is 10.2. The molecule has 0 fully saturated rings. The fourth-order valence-corrected chi connectivity index (χ4v) is 2.74. The predicted octanol–water partition coefficient (Wildman–Crippen LogP) is 1.68. The van der Waals surface area contributed by atoms with E-state index in [0.717, 1.165) is 42.3 Å². The molecule has 0 aliphatic heterocycles. The van der Waals surface area contributed by atoms with Crippen molar-refractivity contribution in [3.05, 3.63) is 28.7 Å². The van der Waals surface area contributed by atoms with Crippen LogP contribution in [0.25, 0.3) is 0 Å². The van der Waals surface area contributed by atoms with E-state index < -0.39 is 0 Å². The summed E-state index contributed by atoms with van der Waals surface area (Å²) in [7, 11) is 1.89. The maximum atomic E-state index is 5.77. The summed E-state index contributed by atoms with van der Waals surface area (Å²) in [5.41, 5.74) is 9.70. The van der Waals surface area contributed by atoms with Crippen molar-refractivity contribution in [2.24, 2.45) is 12.8 Å². The van der Waals surface area contributed by atoms with Crippen molar-refractivity contribution >= 4 is 23.0 Å². The van der Waals surface area contributed by atoms with E-state index in [-0.39, 0.29) is 0 Å². The van der Waals surface area contributed by atoms with Crippen LogP contribution in [0.2, 0.25) is 0 Å². The molecule has 0 amide bonds. The topological polar surface area (TPSA) is 73.7 Å². The van der Waals surface area contributed by atoms with Crippen molar-refractivity contribution in [2.45, 2.75) is 33.7 Å². The SMILES string of the molecule is Cc1cc(C)n(CCCNc2c(C(N)=S)c(C)nn2C)n1. The van der Waals surface area contributed by atoms with Gasteiger partial charge in [-0.25, -0.2) is 0 Å². The maximum absolute atomic E-state index is 5.77. The van der Waals surface area contributed by atoms with Crippen LogP contribution in [-0.2, 0) is 13.6 Å². The Kier molecular flexibility index (Phi) is 4.62. The highest BCUT2D eigenvalue weighted by Gasteiger charge is 2.14. The van der Waals surface area contributed by atoms with Crippen LogP contribution in [-0.4, -0.2) is 31.1 Å². The Morgan fingerprint density at radius 2 is 2.05 bits per heavy atom. The molecule has 114 valence electrons. The minimum Gasteiger partial charge on any atom is -0.389 e. The van der Waals surface area contributed by atoms with Crippen LogP contribution >= 0.6 is 12.2 Å². The second-order valence-electron chi connectivity index (χ2n) is 5.23. The first kappa shape index (κ1) is 15.5. The molecule has 2 rings (SSSR count). The smallest absolute Gasteiger partial charge is 0.134 e. The Balaban J connectivity index is 1.95. The van der Waals surface area contributed by atoms with Gasteiger partial charge in [0, 0.05) is 25.8 Å². The Morgan fingerprint density at radius 1 is 1.33 bits per heavy atom. The highest BCUT2D eigenvalue weighted by molar-refractivity contribution is 7.80. The molecule has 7 heteroatoms. The van der Waals surface area contributed by atoms with Crippen LogP contribution in [0, 0.1) is 20.8 Å². The number of nitrogens with zero attached hydrogens (tertiary/aromatic N) is 4. The van der Waals surface area contributed by atoms with Gasteiger partial charge >= 0.3 is 0 Å². The lowest BCUT2D eigenvalue weighted by Crippen LogP contribution is -2.16. The van der Waals surface area contributed by atoms with Crippen molar-refractivity contribution < 1.29 is 0 Å². The summed E-state index contributed by atoms with van der Waals surface area (Å²) in [4.78, 5) is 0.377. The van der Waals surface area contributed by atoms with Crippen LogP contribution in [0.1, 0.15) is 29.1 Å². The minimum absolute atomic E-state index is 0.377. The molecule has 0 aliphatic rings. The van der Waals surface area contributed by atoms with Crippen LogP contribution in [0.3, 0.4) is 0 Å². The zero-order chi connectivity index (χ0) is 15.6. The van der Waals surface area contributed by atoms with E-state index in [1.807, 2.05) is 25.6 Å². The van der Waals surface area contributed by atoms with E-state index >= 15 is 0 Å². The van der Waals surface area contributed by atoms with Gasteiger partial charge in [0.25, 0.3) is 0 Å². The third-order valence-corrected chi connectivity index (χ3v) is 3.62. The Bertz CT molecular complexity index is 655. The summed E-state index contributed by atoms with van der Waals surface area (Å²) < 4.78 is 3.81. The Labute approximate surface area is 130 Å². The molecule has 0 aliphatic carbocycles. The van der Waals surface area contributed by atoms with Crippen molar-refractivity contribution in [1.29, 1.82) is 0 Å². The molecule has 0 saturated heterocycles. The second kappa shape index (κ2) is 6.26. The van der Waals surface area contributed by atoms with Gasteiger partial charge in [-0.2, -0.15) is 10.2 Å². The first-order chi connectivity index (χ1) is 9.90. The van der Waals surface area contributed by atoms with Crippen molar-refractivity contribution in [2.75, 3.05) is 11.9 Å². The van der Waals surface area contributed by atoms with Gasteiger partial charge < -0.3 is 11.1 Å². The molecule has 2 aromatic rings. The zero-order valence-corrected chi connectivity index (χ0v) is 13.8. The average Bonchev–Trinajstić information content (AvgIpc) is 2.84. The van der Waals surface area contributed by atoms with Crippen LogP contribution < -0.4 is 11.1 Å². The number of nitrogens with one attached hydrogen (secondary N) is 1. The van der Waals surface area contributed by atoms with Crippen molar-refractivity contribution in [3.8, 4) is 0 Å². The molecule has 21 heavy (non-hydrogen) atoms. The van der Waals surface area contributed by atoms with Crippen LogP contribution in [0.15, 0.2) is 6.07 Å². The number of aryl methyl sites for hydroxylation is 5. The van der Waals surface area contributed by atoms with Gasteiger partial charge in [0.1, 0.15) is 10.8 Å². The van der Waals surface area contributed by atoms with E-state index in [9.17, 15) is 0 Å². The van der Waals surface area contributed by atoms with Gasteiger partial charge in [-0.05, 0) is 33.3 Å². The predicted molar refractivity (Wildman–Crippen MR) is 88.6 cm³/mol. The zero-order valence-electron chi connectivity index (χ0n) is 13.0. The number of anilines is 1. The molecule has 2 aromatic heterocycles. The molecule has 6 nitrogen and oxygen atoms in total. The van der Waals surface area contributed by atoms with E-state index in [1.165, 1.54) is 5.69 Å². The molecule has 2 heterocycles. The molecule has 0 atom stereocenters. The van der Waals surface area contributed by atoms with Crippen LogP contribution in [0.5, 0.6) is 0 Å². The molecular weight excluding hydrogens is 284 g/mol. The number of nitrogens with two attached hydrogens (primary N) is 1. The number of hydrogen-bond acceptors (Lipinski definition) is 4. The first-order valence-electron chi connectivity index (χ1n) is 6.98. The van der Waals surface area contributed by atoms with Gasteiger partial charge in [0.15, 0.2) is 0 Å². The molecule has 0 aromatic carbocycles. The van der Waals surface area contributed by atoms with Gasteiger partial charge in [0.05, 0.1) is 17.0 Å². The molecule has 0 radical (unpaired) electrons. The van der Waals surface area contributed by atoms with Gasteiger partial charge in [-0.1, -0.05) is 12.2 Å². The third-order valence-electron chi connectivity index (χ3n) is 3.41. The second-order valence-corrected chi connectivity index (χ2v) is 5.67. The van der Waals surface area contributed by atoms with Crippen LogP contribution in [0.4, 0.5) is 5.82 Å². The summed E-state index contributed by atoms with van der Waals surface area (Å²) in [5, 5.41) is 12.2. The number of hydrogen-bond donors (Lipinski definition) is 2. The standard InChI is InChI=1S/C14H22N6S/c1-9-8-10(2)20(17-9)7-5-6-16-14-12(13(15)21)11(3)18-19(14)4/h8,16H,5-7H2,1-4H3,(H2,15,21).